The molecule has 2 aromatic carbocycles. The van der Waals surface area contributed by atoms with Crippen LogP contribution in [0, 0.1) is 0 Å². The Balaban J connectivity index is 1.60. The summed E-state index contributed by atoms with van der Waals surface area (Å²) in [5.74, 6) is -3.94. The number of nitrogens with one attached hydrogen (secondary N) is 2. The first kappa shape index (κ1) is 27.9. The Morgan fingerprint density at radius 1 is 1.02 bits per heavy atom. The first-order chi connectivity index (χ1) is 19.3. The van der Waals surface area contributed by atoms with Gasteiger partial charge in [-0.1, -0.05) is 54.6 Å². The quantitative estimate of drug-likeness (QED) is 0.318. The van der Waals surface area contributed by atoms with E-state index in [4.69, 9.17) is 5.11 Å². The highest BCUT2D eigenvalue weighted by atomic mass is 16.4. The Bertz CT molecular complexity index is 1440. The monoisotopic (exact) mass is 545 g/mol. The number of carbonyl (C=O) groups excluding carboxylic acids is 5. The standard InChI is InChI=1S/C28H27N5O7/c34-17-20(14-25(37)38)30-23(35)16-33-28(40)22(10-11-24(36)32(33)15-18-6-2-1-3-7-18)31-27(39)26-21-9-5-4-8-19(21)12-13-29-26/h1-9,12-13,17,20,22H,10-11,14-16H2,(H,30,35)(H,31,39)(H,37,38). The van der Waals surface area contributed by atoms with Gasteiger partial charge in [0.2, 0.25) is 11.8 Å². The van der Waals surface area contributed by atoms with Crippen molar-refractivity contribution in [2.24, 2.45) is 0 Å². The van der Waals surface area contributed by atoms with Gasteiger partial charge in [-0.3, -0.25) is 29.0 Å². The third-order valence-electron chi connectivity index (χ3n) is 6.35. The van der Waals surface area contributed by atoms with Crippen molar-refractivity contribution in [3.8, 4) is 0 Å². The second-order valence-corrected chi connectivity index (χ2v) is 9.19. The average Bonchev–Trinajstić information content (AvgIpc) is 3.05. The van der Waals surface area contributed by atoms with E-state index in [0.29, 0.717) is 10.9 Å². The van der Waals surface area contributed by atoms with Crippen molar-refractivity contribution in [1.29, 1.82) is 0 Å². The van der Waals surface area contributed by atoms with Gasteiger partial charge >= 0.3 is 5.97 Å². The van der Waals surface area contributed by atoms with Gasteiger partial charge in [0, 0.05) is 18.0 Å². The smallest absolute Gasteiger partial charge is 0.305 e. The Hall–Kier alpha value is -5.13. The minimum absolute atomic E-state index is 0.0203. The molecule has 2 atom stereocenters. The van der Waals surface area contributed by atoms with E-state index >= 15 is 0 Å². The van der Waals surface area contributed by atoms with E-state index in [2.05, 4.69) is 15.6 Å². The van der Waals surface area contributed by atoms with Crippen molar-refractivity contribution < 1.29 is 33.9 Å². The number of aliphatic carboxylic acids is 1. The van der Waals surface area contributed by atoms with Gasteiger partial charge in [-0.2, -0.15) is 0 Å². The fourth-order valence-corrected chi connectivity index (χ4v) is 4.42. The summed E-state index contributed by atoms with van der Waals surface area (Å²) in [6, 6.07) is 15.2. The molecule has 40 heavy (non-hydrogen) atoms. The van der Waals surface area contributed by atoms with Crippen LogP contribution in [0.3, 0.4) is 0 Å². The molecule has 2 heterocycles. The second kappa shape index (κ2) is 12.6. The number of amides is 4. The van der Waals surface area contributed by atoms with Crippen LogP contribution in [0.2, 0.25) is 0 Å². The predicted molar refractivity (Wildman–Crippen MR) is 141 cm³/mol. The lowest BCUT2D eigenvalue weighted by Crippen LogP contribution is -2.57. The fourth-order valence-electron chi connectivity index (χ4n) is 4.42. The topological polar surface area (TPSA) is 166 Å². The summed E-state index contributed by atoms with van der Waals surface area (Å²) in [6.07, 6.45) is 0.999. The van der Waals surface area contributed by atoms with E-state index < -0.39 is 54.6 Å². The Morgan fingerprint density at radius 3 is 2.48 bits per heavy atom. The number of hydrazine groups is 1. The maximum atomic E-state index is 13.7. The number of carboxylic acid groups (broad SMARTS) is 1. The predicted octanol–water partition coefficient (Wildman–Crippen LogP) is 1.06. The van der Waals surface area contributed by atoms with Crippen LogP contribution >= 0.6 is 0 Å². The van der Waals surface area contributed by atoms with E-state index in [1.165, 1.54) is 6.20 Å². The molecule has 0 saturated carbocycles. The highest BCUT2D eigenvalue weighted by Crippen LogP contribution is 2.20. The van der Waals surface area contributed by atoms with Crippen LogP contribution < -0.4 is 10.6 Å². The van der Waals surface area contributed by atoms with Crippen LogP contribution in [0.4, 0.5) is 0 Å². The van der Waals surface area contributed by atoms with Crippen LogP contribution in [0.1, 0.15) is 35.3 Å². The molecular formula is C28H27N5O7. The molecular weight excluding hydrogens is 518 g/mol. The van der Waals surface area contributed by atoms with Crippen LogP contribution in [-0.2, 0) is 30.5 Å². The molecule has 1 fully saturated rings. The number of fused-ring (bicyclic) bond motifs is 1. The van der Waals surface area contributed by atoms with Crippen molar-refractivity contribution in [1.82, 2.24) is 25.6 Å². The molecule has 0 aliphatic carbocycles. The van der Waals surface area contributed by atoms with Gasteiger partial charge in [0.15, 0.2) is 0 Å². The molecule has 0 radical (unpaired) electrons. The SMILES string of the molecule is O=CC(CC(=O)O)NC(=O)CN1C(=O)C(NC(=O)c2nccc3ccccc23)CCC(=O)N1Cc1ccccc1. The largest absolute Gasteiger partial charge is 0.481 e. The zero-order valence-corrected chi connectivity index (χ0v) is 21.4. The maximum absolute atomic E-state index is 13.7. The number of carboxylic acids is 1. The van der Waals surface area contributed by atoms with Gasteiger partial charge in [-0.05, 0) is 23.4 Å². The minimum Gasteiger partial charge on any atom is -0.481 e. The van der Waals surface area contributed by atoms with Gasteiger partial charge in [-0.15, -0.1) is 0 Å². The first-order valence-corrected chi connectivity index (χ1v) is 12.5. The van der Waals surface area contributed by atoms with Gasteiger partial charge in [0.25, 0.3) is 11.8 Å². The van der Waals surface area contributed by atoms with Crippen molar-refractivity contribution in [2.45, 2.75) is 37.9 Å². The van der Waals surface area contributed by atoms with Gasteiger partial charge in [0.05, 0.1) is 19.0 Å². The molecule has 0 bridgehead atoms. The molecule has 4 rings (SSSR count). The van der Waals surface area contributed by atoms with E-state index in [1.54, 1.807) is 48.5 Å². The van der Waals surface area contributed by atoms with Crippen LogP contribution in [-0.4, -0.2) is 74.6 Å². The summed E-state index contributed by atoms with van der Waals surface area (Å²) in [5, 5.41) is 17.3. The zero-order chi connectivity index (χ0) is 28.6. The maximum Gasteiger partial charge on any atom is 0.305 e. The number of hydrogen-bond donors (Lipinski definition) is 3. The molecule has 4 amide bonds. The van der Waals surface area contributed by atoms with E-state index in [1.807, 2.05) is 12.1 Å². The second-order valence-electron chi connectivity index (χ2n) is 9.19. The van der Waals surface area contributed by atoms with E-state index in [0.717, 1.165) is 15.4 Å². The number of carbonyl (C=O) groups is 6. The minimum atomic E-state index is -1.32. The fraction of sp³-hybridized carbons (Fsp3) is 0.250. The molecule has 2 unspecified atom stereocenters. The number of nitrogens with zero attached hydrogens (tertiary/aromatic N) is 3. The molecule has 0 spiro atoms. The lowest BCUT2D eigenvalue weighted by molar-refractivity contribution is -0.165. The third-order valence-corrected chi connectivity index (χ3v) is 6.35. The van der Waals surface area contributed by atoms with Crippen molar-refractivity contribution in [3.63, 3.8) is 0 Å². The average molecular weight is 546 g/mol. The van der Waals surface area contributed by atoms with Crippen molar-refractivity contribution in [3.05, 3.63) is 78.1 Å². The number of rotatable bonds is 10. The van der Waals surface area contributed by atoms with Gasteiger partial charge in [-0.25, -0.2) is 10.0 Å². The normalized spacial score (nSPS) is 16.2. The van der Waals surface area contributed by atoms with Gasteiger partial charge < -0.3 is 20.5 Å². The molecule has 1 aliphatic heterocycles. The zero-order valence-electron chi connectivity index (χ0n) is 21.4. The number of hydrogen-bond acceptors (Lipinski definition) is 7. The Labute approximate surface area is 228 Å². The van der Waals surface area contributed by atoms with Gasteiger partial charge in [0.1, 0.15) is 24.6 Å². The molecule has 12 heteroatoms. The summed E-state index contributed by atoms with van der Waals surface area (Å²) in [4.78, 5) is 79.5. The van der Waals surface area contributed by atoms with E-state index in [-0.39, 0.29) is 31.4 Å². The number of benzene rings is 2. The molecule has 1 aliphatic rings. The first-order valence-electron chi connectivity index (χ1n) is 12.5. The molecule has 12 nitrogen and oxygen atoms in total. The van der Waals surface area contributed by atoms with E-state index in [9.17, 15) is 28.8 Å². The highest BCUT2D eigenvalue weighted by Gasteiger charge is 2.38. The van der Waals surface area contributed by atoms with Crippen LogP contribution in [0.25, 0.3) is 10.8 Å². The molecule has 1 aromatic heterocycles. The van der Waals surface area contributed by atoms with Crippen LogP contribution in [0.15, 0.2) is 66.9 Å². The molecule has 3 N–H and O–H groups in total. The summed E-state index contributed by atoms with van der Waals surface area (Å²) in [6.45, 7) is -0.712. The van der Waals surface area contributed by atoms with Crippen LogP contribution in [0.5, 0.6) is 0 Å². The summed E-state index contributed by atoms with van der Waals surface area (Å²) < 4.78 is 0. The van der Waals surface area contributed by atoms with Crippen molar-refractivity contribution in [2.75, 3.05) is 6.54 Å². The van der Waals surface area contributed by atoms with Crippen molar-refractivity contribution >= 4 is 46.7 Å². The summed E-state index contributed by atoms with van der Waals surface area (Å²) in [5.41, 5.74) is 0.794. The molecule has 1 saturated heterocycles. The summed E-state index contributed by atoms with van der Waals surface area (Å²) >= 11 is 0. The number of aldehydes is 1. The lowest BCUT2D eigenvalue weighted by atomic mass is 10.1. The number of aromatic nitrogens is 1. The Kier molecular flexibility index (Phi) is 8.79. The molecule has 3 aromatic rings. The summed E-state index contributed by atoms with van der Waals surface area (Å²) in [7, 11) is 0. The number of pyridine rings is 1. The third kappa shape index (κ3) is 6.65. The lowest BCUT2D eigenvalue weighted by Gasteiger charge is -2.34. The molecule has 206 valence electrons. The Morgan fingerprint density at radius 2 is 1.75 bits per heavy atom. The highest BCUT2D eigenvalue weighted by molar-refractivity contribution is 6.06.